The molecule has 49 heavy (non-hydrogen) atoms. The van der Waals surface area contributed by atoms with Gasteiger partial charge < -0.3 is 9.13 Å². The second-order valence-corrected chi connectivity index (χ2v) is 21.4. The molecule has 0 radical (unpaired) electrons. The molecular formula is C44H61N2PRuS. The van der Waals surface area contributed by atoms with Crippen molar-refractivity contribution in [2.45, 2.75) is 155 Å². The van der Waals surface area contributed by atoms with E-state index in [9.17, 15) is 0 Å². The van der Waals surface area contributed by atoms with Gasteiger partial charge in [-0.3, -0.25) is 0 Å². The van der Waals surface area contributed by atoms with Gasteiger partial charge in [0.2, 0.25) is 0 Å². The summed E-state index contributed by atoms with van der Waals surface area (Å²) in [6.45, 7) is 12.4. The molecule has 3 aliphatic carbocycles. The third-order valence-corrected chi connectivity index (χ3v) is 20.1. The van der Waals surface area contributed by atoms with E-state index in [4.69, 9.17) is 0 Å². The van der Waals surface area contributed by atoms with Crippen molar-refractivity contribution in [3.63, 3.8) is 0 Å². The van der Waals surface area contributed by atoms with Crippen molar-refractivity contribution in [3.8, 4) is 11.4 Å². The quantitative estimate of drug-likeness (QED) is 0.136. The van der Waals surface area contributed by atoms with Crippen LogP contribution >= 0.6 is 18.2 Å². The van der Waals surface area contributed by atoms with Gasteiger partial charge in [0.25, 0.3) is 0 Å². The Balaban J connectivity index is 0.000000531. The van der Waals surface area contributed by atoms with Crippen LogP contribution in [0.25, 0.3) is 11.4 Å². The van der Waals surface area contributed by atoms with Crippen molar-refractivity contribution in [2.75, 3.05) is 0 Å². The van der Waals surface area contributed by atoms with Gasteiger partial charge in [-0.1, -0.05) is 100 Å². The number of benzene rings is 2. The molecule has 0 aliphatic heterocycles. The molecule has 0 bridgehead atoms. The molecule has 2 aromatic heterocycles. The Morgan fingerprint density at radius 2 is 0.959 bits per heavy atom. The van der Waals surface area contributed by atoms with E-state index < -0.39 is 6.89 Å². The van der Waals surface area contributed by atoms with Gasteiger partial charge in [-0.15, -0.1) is 0 Å². The van der Waals surface area contributed by atoms with E-state index >= 15 is 0 Å². The van der Waals surface area contributed by atoms with Gasteiger partial charge in [0.15, 0.2) is 0 Å². The van der Waals surface area contributed by atoms with Crippen LogP contribution in [0, 0.1) is 46.7 Å². The maximum absolute atomic E-state index is 2.80. The van der Waals surface area contributed by atoms with Gasteiger partial charge in [-0.2, -0.15) is 0 Å². The topological polar surface area (TPSA) is 9.86 Å². The third kappa shape index (κ3) is 7.74. The Bertz CT molecular complexity index is 1630. The SMILES string of the molecule is Cc1cc(C)c(-n2ccn(-c3c(C)cc(C)cc3C)c2=P(C2CCCCC2)(C2CCCCC2)C2CCCCC2)c(C)c1.[Ru]=[CH]c1cccs1. The number of nitrogens with zero attached hydrogens (tertiary/aromatic N) is 2. The van der Waals surface area contributed by atoms with Gasteiger partial charge in [-0.25, -0.2) is 0 Å². The standard InChI is InChI=1S/C39H57N2P.C5H4S.Ru/c1-28-24-30(3)37(31(4)25-28)40-22-23-41(38-32(5)26-29(2)27-33(38)6)39(40)42(34-16-10-7-11-17-34,35-18-12-8-13-19-35)36-20-14-9-15-21-36;1-5-3-2-4-6-5;/h22-27,34-36H,7-21H2,1-6H3;1-4H;. The van der Waals surface area contributed by atoms with E-state index in [2.05, 4.69) is 117 Å². The molecule has 3 aliphatic rings. The summed E-state index contributed by atoms with van der Waals surface area (Å²) in [4.78, 5) is 1.32. The predicted molar refractivity (Wildman–Crippen MR) is 214 cm³/mol. The van der Waals surface area contributed by atoms with Crippen molar-refractivity contribution in [3.05, 3.63) is 97.6 Å². The van der Waals surface area contributed by atoms with Gasteiger partial charge in [0.05, 0.1) is 11.4 Å². The summed E-state index contributed by atoms with van der Waals surface area (Å²) in [5.74, 6) is 0. The molecule has 0 atom stereocenters. The first-order valence-corrected chi connectivity index (χ1v) is 23.3. The number of hydrogen-bond acceptors (Lipinski definition) is 1. The van der Waals surface area contributed by atoms with Gasteiger partial charge >= 0.3 is 56.2 Å². The molecule has 0 N–H and O–H groups in total. The summed E-state index contributed by atoms with van der Waals surface area (Å²) in [5.41, 5.74) is 14.1. The molecular weight excluding hydrogens is 721 g/mol. The fourth-order valence-corrected chi connectivity index (χ4v) is 19.0. The molecule has 4 aromatic rings. The zero-order valence-electron chi connectivity index (χ0n) is 31.2. The normalized spacial score (nSPS) is 18.3. The summed E-state index contributed by atoms with van der Waals surface area (Å²) < 4.78 is 7.63. The molecule has 0 amide bonds. The summed E-state index contributed by atoms with van der Waals surface area (Å²) >= 11 is 4.24. The molecule has 7 rings (SSSR count). The van der Waals surface area contributed by atoms with E-state index in [0.717, 1.165) is 17.0 Å². The number of thiophene rings is 1. The van der Waals surface area contributed by atoms with Gasteiger partial charge in [0.1, 0.15) is 5.20 Å². The summed E-state index contributed by atoms with van der Waals surface area (Å²) in [5, 5.41) is 3.82. The van der Waals surface area contributed by atoms with Crippen molar-refractivity contribution >= 4 is 22.8 Å². The molecule has 5 heteroatoms. The number of aryl methyl sites for hydroxylation is 6. The molecule has 3 saturated carbocycles. The number of rotatable bonds is 6. The first-order valence-electron chi connectivity index (χ1n) is 19.4. The van der Waals surface area contributed by atoms with E-state index in [-0.39, 0.29) is 0 Å². The van der Waals surface area contributed by atoms with Crippen molar-refractivity contribution < 1.29 is 17.9 Å². The van der Waals surface area contributed by atoms with Gasteiger partial charge in [-0.05, 0) is 119 Å². The maximum atomic E-state index is 2.80. The number of hydrogen-bond donors (Lipinski definition) is 0. The predicted octanol–water partition coefficient (Wildman–Crippen LogP) is 13.1. The monoisotopic (exact) mass is 782 g/mol. The Kier molecular flexibility index (Phi) is 12.7. The average Bonchev–Trinajstić information content (AvgIpc) is 3.78. The first-order chi connectivity index (χ1) is 23.7. The molecule has 3 fully saturated rings. The van der Waals surface area contributed by atoms with Crippen LogP contribution in [0.1, 0.15) is 135 Å². The second kappa shape index (κ2) is 16.7. The zero-order chi connectivity index (χ0) is 34.5. The Hall–Kier alpha value is -1.73. The number of imidazole rings is 1. The zero-order valence-corrected chi connectivity index (χ0v) is 34.7. The van der Waals surface area contributed by atoms with Gasteiger partial charge in [0, 0.05) is 12.4 Å². The minimum atomic E-state index is -1.61. The molecule has 0 spiro atoms. The van der Waals surface area contributed by atoms with Crippen LogP contribution < -0.4 is 0 Å². The van der Waals surface area contributed by atoms with Crippen LogP contribution in [0.15, 0.2) is 54.2 Å². The molecule has 2 aromatic carbocycles. The van der Waals surface area contributed by atoms with Crippen molar-refractivity contribution in [1.29, 1.82) is 0 Å². The molecule has 2 nitrogen and oxygen atoms in total. The summed E-state index contributed by atoms with van der Waals surface area (Å²) in [7, 11) is 0. The summed E-state index contributed by atoms with van der Waals surface area (Å²) in [6, 6.07) is 13.9. The Morgan fingerprint density at radius 1 is 0.592 bits per heavy atom. The van der Waals surface area contributed by atoms with Crippen LogP contribution in [-0.2, 0) is 17.9 Å². The Labute approximate surface area is 311 Å². The fraction of sp³-hybridized carbons (Fsp3) is 0.545. The van der Waals surface area contributed by atoms with E-state index in [0.29, 0.717) is 0 Å². The van der Waals surface area contributed by atoms with E-state index in [1.165, 1.54) is 146 Å². The van der Waals surface area contributed by atoms with E-state index in [1.807, 2.05) is 10.7 Å². The average molecular weight is 782 g/mol. The Morgan fingerprint density at radius 3 is 1.24 bits per heavy atom. The van der Waals surface area contributed by atoms with E-state index in [1.54, 1.807) is 16.5 Å². The first kappa shape index (κ1) is 37.0. The molecule has 0 saturated heterocycles. The fourth-order valence-electron chi connectivity index (χ4n) is 10.5. The molecule has 266 valence electrons. The van der Waals surface area contributed by atoms with Crippen LogP contribution in [0.5, 0.6) is 0 Å². The van der Waals surface area contributed by atoms with Crippen LogP contribution in [0.4, 0.5) is 0 Å². The van der Waals surface area contributed by atoms with Crippen LogP contribution in [0.2, 0.25) is 0 Å². The van der Waals surface area contributed by atoms with Crippen LogP contribution in [0.3, 0.4) is 0 Å². The van der Waals surface area contributed by atoms with Crippen LogP contribution in [-0.4, -0.2) is 30.7 Å². The minimum absolute atomic E-state index is 0.884. The third-order valence-electron chi connectivity index (χ3n) is 12.1. The van der Waals surface area contributed by atoms with Crippen molar-refractivity contribution in [2.24, 2.45) is 0 Å². The molecule has 0 unspecified atom stereocenters. The second-order valence-electron chi connectivity index (χ2n) is 15.7. The van der Waals surface area contributed by atoms with Crippen molar-refractivity contribution in [1.82, 2.24) is 9.13 Å². The number of aromatic nitrogens is 2. The summed E-state index contributed by atoms with van der Waals surface area (Å²) in [6.07, 6.45) is 26.8. The molecule has 2 heterocycles.